The average Bonchev–Trinajstić information content (AvgIpc) is 3.27. The van der Waals surface area contributed by atoms with Crippen LogP contribution in [0.25, 0.3) is 0 Å². The van der Waals surface area contributed by atoms with Crippen molar-refractivity contribution in [3.8, 4) is 0 Å². The van der Waals surface area contributed by atoms with Crippen LogP contribution >= 0.6 is 0 Å². The van der Waals surface area contributed by atoms with Crippen LogP contribution in [0.15, 0.2) is 34.9 Å². The predicted octanol–water partition coefficient (Wildman–Crippen LogP) is 4.03. The molecule has 1 fully saturated rings. The molecule has 0 aromatic heterocycles. The van der Waals surface area contributed by atoms with Crippen LogP contribution in [-0.2, 0) is 23.8 Å². The molecule has 1 N–H and O–H groups in total. The minimum absolute atomic E-state index is 0.0536. The number of hydrogen-bond donors (Lipinski definition) is 1. The Morgan fingerprint density at radius 1 is 1.17 bits per heavy atom. The molecule has 0 bridgehead atoms. The van der Waals surface area contributed by atoms with Crippen LogP contribution in [0.3, 0.4) is 0 Å². The summed E-state index contributed by atoms with van der Waals surface area (Å²) in [6.45, 7) is 12.5. The van der Waals surface area contributed by atoms with Gasteiger partial charge in [-0.2, -0.15) is 0 Å². The number of aliphatic hydroxyl groups is 1. The maximum atomic E-state index is 12.0. The van der Waals surface area contributed by atoms with Gasteiger partial charge in [0.25, 0.3) is 0 Å². The van der Waals surface area contributed by atoms with Crippen molar-refractivity contribution < 1.29 is 28.9 Å². The summed E-state index contributed by atoms with van der Waals surface area (Å²) in [4.78, 5) is 23.9. The van der Waals surface area contributed by atoms with Gasteiger partial charge in [-0.3, -0.25) is 9.59 Å². The molecular weight excluding hydrogens is 384 g/mol. The third-order valence-corrected chi connectivity index (χ3v) is 5.93. The van der Waals surface area contributed by atoms with E-state index in [1.807, 2.05) is 46.8 Å². The van der Waals surface area contributed by atoms with E-state index in [2.05, 4.69) is 6.08 Å². The highest BCUT2D eigenvalue weighted by molar-refractivity contribution is 5.68. The predicted molar refractivity (Wildman–Crippen MR) is 115 cm³/mol. The van der Waals surface area contributed by atoms with Gasteiger partial charge in [-0.05, 0) is 50.7 Å². The van der Waals surface area contributed by atoms with Crippen LogP contribution in [0.2, 0.25) is 0 Å². The lowest BCUT2D eigenvalue weighted by Crippen LogP contribution is -2.47. The number of rotatable bonds is 3. The second kappa shape index (κ2) is 9.92. The summed E-state index contributed by atoms with van der Waals surface area (Å²) in [5, 5.41) is 10.6. The first-order chi connectivity index (χ1) is 14.0. The van der Waals surface area contributed by atoms with Gasteiger partial charge in [0.15, 0.2) is 12.2 Å². The Labute approximate surface area is 180 Å². The van der Waals surface area contributed by atoms with Crippen LogP contribution in [0.1, 0.15) is 67.7 Å². The summed E-state index contributed by atoms with van der Waals surface area (Å²) in [6.07, 6.45) is 5.59. The number of esters is 2. The summed E-state index contributed by atoms with van der Waals surface area (Å²) in [7, 11) is 0. The fourth-order valence-corrected chi connectivity index (χ4v) is 3.94. The van der Waals surface area contributed by atoms with E-state index >= 15 is 0 Å². The Hall–Kier alpha value is -1.92. The number of carbonyl (C=O) groups excluding carboxylic acids is 2. The second-order valence-electron chi connectivity index (χ2n) is 8.92. The number of allylic oxidation sites excluding steroid dienone is 4. The molecule has 6 nitrogen and oxygen atoms in total. The van der Waals surface area contributed by atoms with Crippen molar-refractivity contribution in [1.82, 2.24) is 0 Å². The lowest BCUT2D eigenvalue weighted by atomic mass is 9.85. The molecule has 0 aromatic rings. The Bertz CT molecular complexity index is 747. The third-order valence-electron chi connectivity index (χ3n) is 5.93. The zero-order chi connectivity index (χ0) is 22.6. The van der Waals surface area contributed by atoms with E-state index in [4.69, 9.17) is 14.2 Å². The van der Waals surface area contributed by atoms with Gasteiger partial charge >= 0.3 is 11.9 Å². The summed E-state index contributed by atoms with van der Waals surface area (Å²) in [5.41, 5.74) is 2.07. The SMILES string of the molecule is CC(=O)O[C@@H]1/C(C(C)C)=C\C=C(/C)CC/C=C(/C)[C@@H](O)C[C@@H]2O[C@@]2(C)[C@H]1OC(C)=O. The Kier molecular flexibility index (Phi) is 8.06. The largest absolute Gasteiger partial charge is 0.455 e. The minimum Gasteiger partial charge on any atom is -0.455 e. The van der Waals surface area contributed by atoms with Crippen molar-refractivity contribution in [2.75, 3.05) is 0 Å². The topological polar surface area (TPSA) is 85.4 Å². The van der Waals surface area contributed by atoms with Gasteiger partial charge in [0.1, 0.15) is 5.60 Å². The molecule has 30 heavy (non-hydrogen) atoms. The van der Waals surface area contributed by atoms with E-state index in [-0.39, 0.29) is 12.0 Å². The van der Waals surface area contributed by atoms with Gasteiger partial charge in [-0.25, -0.2) is 0 Å². The molecule has 1 aliphatic heterocycles. The minimum atomic E-state index is -0.857. The number of hydrogen-bond acceptors (Lipinski definition) is 6. The summed E-state index contributed by atoms with van der Waals surface area (Å²) in [6, 6.07) is 0. The highest BCUT2D eigenvalue weighted by Gasteiger charge is 2.63. The summed E-state index contributed by atoms with van der Waals surface area (Å²) in [5.74, 6) is -0.872. The first-order valence-electron chi connectivity index (χ1n) is 10.7. The standard InChI is InChI=1S/C24H36O6/c1-14(2)19-12-11-15(3)9-8-10-16(4)20(27)13-21-24(7,30-21)23(29-18(6)26)22(19)28-17(5)25/h10-12,14,20-23,27H,8-9,13H2,1-7H3/b15-11+,16-10-,19-12-/t20-,21-,22+,23-,24+/m0/s1. The molecule has 1 aliphatic carbocycles. The average molecular weight is 421 g/mol. The van der Waals surface area contributed by atoms with E-state index in [0.717, 1.165) is 24.0 Å². The molecular formula is C24H36O6. The molecule has 168 valence electrons. The molecule has 5 atom stereocenters. The van der Waals surface area contributed by atoms with E-state index in [9.17, 15) is 14.7 Å². The van der Waals surface area contributed by atoms with E-state index < -0.39 is 35.9 Å². The molecule has 6 heteroatoms. The van der Waals surface area contributed by atoms with Gasteiger partial charge in [0.05, 0.1) is 12.2 Å². The quantitative estimate of drug-likeness (QED) is 0.422. The zero-order valence-corrected chi connectivity index (χ0v) is 19.2. The number of ether oxygens (including phenoxy) is 3. The highest BCUT2D eigenvalue weighted by atomic mass is 16.7. The molecule has 1 heterocycles. The van der Waals surface area contributed by atoms with Crippen molar-refractivity contribution >= 4 is 11.9 Å². The smallest absolute Gasteiger partial charge is 0.303 e. The maximum absolute atomic E-state index is 12.0. The van der Waals surface area contributed by atoms with E-state index in [1.54, 1.807) is 0 Å². The Morgan fingerprint density at radius 3 is 2.37 bits per heavy atom. The number of epoxide rings is 1. The van der Waals surface area contributed by atoms with Gasteiger partial charge in [-0.15, -0.1) is 0 Å². The zero-order valence-electron chi connectivity index (χ0n) is 19.2. The third kappa shape index (κ3) is 6.05. The van der Waals surface area contributed by atoms with Gasteiger partial charge < -0.3 is 19.3 Å². The Morgan fingerprint density at radius 2 is 1.80 bits per heavy atom. The first-order valence-corrected chi connectivity index (χ1v) is 10.7. The van der Waals surface area contributed by atoms with Gasteiger partial charge in [-0.1, -0.05) is 37.6 Å². The molecule has 0 aromatic carbocycles. The molecule has 0 radical (unpaired) electrons. The number of fused-ring (bicyclic) bond motifs is 1. The molecule has 0 saturated carbocycles. The second-order valence-corrected chi connectivity index (χ2v) is 8.92. The van der Waals surface area contributed by atoms with Crippen molar-refractivity contribution in [2.24, 2.45) is 5.92 Å². The highest BCUT2D eigenvalue weighted by Crippen LogP contribution is 2.47. The molecule has 0 unspecified atom stereocenters. The van der Waals surface area contributed by atoms with Crippen LogP contribution in [0, 0.1) is 5.92 Å². The van der Waals surface area contributed by atoms with E-state index in [1.165, 1.54) is 19.4 Å². The Balaban J connectivity index is 2.57. The summed E-state index contributed by atoms with van der Waals surface area (Å²) < 4.78 is 17.4. The van der Waals surface area contributed by atoms with Crippen molar-refractivity contribution in [3.05, 3.63) is 34.9 Å². The monoisotopic (exact) mass is 420 g/mol. The van der Waals surface area contributed by atoms with Gasteiger partial charge in [0, 0.05) is 20.3 Å². The fourth-order valence-electron chi connectivity index (χ4n) is 3.94. The molecule has 2 aliphatic rings. The van der Waals surface area contributed by atoms with Crippen molar-refractivity contribution in [2.45, 2.75) is 97.7 Å². The van der Waals surface area contributed by atoms with E-state index in [0.29, 0.717) is 6.42 Å². The van der Waals surface area contributed by atoms with Crippen LogP contribution < -0.4 is 0 Å². The first kappa shape index (κ1) is 24.4. The molecule has 0 spiro atoms. The van der Waals surface area contributed by atoms with Crippen molar-refractivity contribution in [3.63, 3.8) is 0 Å². The number of aliphatic hydroxyl groups excluding tert-OH is 1. The lowest BCUT2D eigenvalue weighted by molar-refractivity contribution is -0.167. The molecule has 1 saturated heterocycles. The number of carbonyl (C=O) groups is 2. The molecule has 0 amide bonds. The normalized spacial score (nSPS) is 38.0. The van der Waals surface area contributed by atoms with Crippen LogP contribution in [-0.4, -0.2) is 47.1 Å². The fraction of sp³-hybridized carbons (Fsp3) is 0.667. The van der Waals surface area contributed by atoms with Crippen molar-refractivity contribution in [1.29, 1.82) is 0 Å². The van der Waals surface area contributed by atoms with Crippen LogP contribution in [0.5, 0.6) is 0 Å². The van der Waals surface area contributed by atoms with Gasteiger partial charge in [0.2, 0.25) is 0 Å². The summed E-state index contributed by atoms with van der Waals surface area (Å²) >= 11 is 0. The van der Waals surface area contributed by atoms with Crippen LogP contribution in [0.4, 0.5) is 0 Å². The maximum Gasteiger partial charge on any atom is 0.303 e. The molecule has 2 rings (SSSR count). The lowest BCUT2D eigenvalue weighted by Gasteiger charge is -2.32.